The molecule has 1 heterocycles. The van der Waals surface area contributed by atoms with E-state index in [1.165, 1.54) is 6.33 Å². The van der Waals surface area contributed by atoms with Crippen LogP contribution in [0.3, 0.4) is 0 Å². The lowest BCUT2D eigenvalue weighted by molar-refractivity contribution is 0.0314. The molecule has 1 N–H and O–H groups in total. The van der Waals surface area contributed by atoms with Gasteiger partial charge in [-0.15, -0.1) is 0 Å². The summed E-state index contributed by atoms with van der Waals surface area (Å²) < 4.78 is 1.66. The van der Waals surface area contributed by atoms with E-state index in [4.69, 9.17) is 0 Å². The van der Waals surface area contributed by atoms with Crippen molar-refractivity contribution in [2.45, 2.75) is 33.3 Å². The quantitative estimate of drug-likeness (QED) is 0.914. The first-order valence-electron chi connectivity index (χ1n) is 7.29. The van der Waals surface area contributed by atoms with E-state index in [-0.39, 0.29) is 5.91 Å². The number of amides is 1. The maximum Gasteiger partial charge on any atom is 0.253 e. The second-order valence-electron chi connectivity index (χ2n) is 5.97. The third-order valence-electron chi connectivity index (χ3n) is 3.36. The molecule has 22 heavy (non-hydrogen) atoms. The molecule has 2 rings (SSSR count). The fourth-order valence-corrected chi connectivity index (χ4v) is 2.36. The van der Waals surface area contributed by atoms with E-state index in [9.17, 15) is 9.90 Å². The summed E-state index contributed by atoms with van der Waals surface area (Å²) in [4.78, 5) is 18.2. The fraction of sp³-hybridized carbons (Fsp3) is 0.438. The van der Waals surface area contributed by atoms with Crippen molar-refractivity contribution in [3.05, 3.63) is 42.0 Å². The van der Waals surface area contributed by atoms with E-state index in [0.29, 0.717) is 18.7 Å². The van der Waals surface area contributed by atoms with Crippen LogP contribution in [-0.2, 0) is 0 Å². The van der Waals surface area contributed by atoms with Gasteiger partial charge in [0.05, 0.1) is 11.3 Å². The highest BCUT2D eigenvalue weighted by Crippen LogP contribution is 2.17. The van der Waals surface area contributed by atoms with Gasteiger partial charge in [-0.1, -0.05) is 0 Å². The number of benzene rings is 1. The normalized spacial score (nSPS) is 11.5. The zero-order valence-corrected chi connectivity index (χ0v) is 13.4. The lowest BCUT2D eigenvalue weighted by atomic mass is 10.1. The van der Waals surface area contributed by atoms with E-state index in [0.717, 1.165) is 11.3 Å². The average molecular weight is 302 g/mol. The summed E-state index contributed by atoms with van der Waals surface area (Å²) in [6, 6.07) is 5.47. The van der Waals surface area contributed by atoms with E-state index in [1.54, 1.807) is 35.8 Å². The number of carbonyl (C=O) groups is 1. The van der Waals surface area contributed by atoms with E-state index >= 15 is 0 Å². The Morgan fingerprint density at radius 2 is 2.14 bits per heavy atom. The SMILES string of the molecule is CCN(CC(C)(C)O)C(=O)c1ccc(-n2cncn2)c(C)c1. The molecule has 0 saturated carbocycles. The molecule has 0 fully saturated rings. The lowest BCUT2D eigenvalue weighted by Gasteiger charge is -2.28. The van der Waals surface area contributed by atoms with Crippen LogP contribution >= 0.6 is 0 Å². The van der Waals surface area contributed by atoms with Gasteiger partial charge in [-0.25, -0.2) is 9.67 Å². The van der Waals surface area contributed by atoms with Crippen LogP contribution in [0.25, 0.3) is 5.69 Å². The highest BCUT2D eigenvalue weighted by molar-refractivity contribution is 5.94. The minimum absolute atomic E-state index is 0.0853. The van der Waals surface area contributed by atoms with E-state index in [2.05, 4.69) is 10.1 Å². The molecule has 0 radical (unpaired) electrons. The second-order valence-corrected chi connectivity index (χ2v) is 5.97. The largest absolute Gasteiger partial charge is 0.389 e. The van der Waals surface area contributed by atoms with Gasteiger partial charge in [0.15, 0.2) is 0 Å². The van der Waals surface area contributed by atoms with Crippen molar-refractivity contribution >= 4 is 5.91 Å². The van der Waals surface area contributed by atoms with Crippen LogP contribution in [0.1, 0.15) is 36.7 Å². The van der Waals surface area contributed by atoms with Crippen LogP contribution < -0.4 is 0 Å². The highest BCUT2D eigenvalue weighted by Gasteiger charge is 2.22. The minimum atomic E-state index is -0.915. The molecule has 0 spiro atoms. The third kappa shape index (κ3) is 3.71. The zero-order chi connectivity index (χ0) is 16.3. The Kier molecular flexibility index (Phi) is 4.61. The van der Waals surface area contributed by atoms with Crippen LogP contribution in [0.5, 0.6) is 0 Å². The number of carbonyl (C=O) groups excluding carboxylic acids is 1. The molecule has 0 aliphatic rings. The first kappa shape index (κ1) is 16.2. The van der Waals surface area contributed by atoms with Gasteiger partial charge in [0, 0.05) is 18.7 Å². The Bertz CT molecular complexity index is 645. The van der Waals surface area contributed by atoms with Gasteiger partial charge in [0.2, 0.25) is 0 Å². The standard InChI is InChI=1S/C16H22N4O2/c1-5-19(9-16(3,4)22)15(21)13-6-7-14(12(2)8-13)20-11-17-10-18-20/h6-8,10-11,22H,5,9H2,1-4H3. The summed E-state index contributed by atoms with van der Waals surface area (Å²) in [5.41, 5.74) is 1.52. The number of hydrogen-bond acceptors (Lipinski definition) is 4. The Labute approximate surface area is 130 Å². The van der Waals surface area contributed by atoms with Crippen LogP contribution in [0.2, 0.25) is 0 Å². The summed E-state index contributed by atoms with van der Waals surface area (Å²) in [6.45, 7) is 8.07. The van der Waals surface area contributed by atoms with Crippen molar-refractivity contribution in [1.29, 1.82) is 0 Å². The Balaban J connectivity index is 2.25. The van der Waals surface area contributed by atoms with Gasteiger partial charge in [-0.3, -0.25) is 4.79 Å². The number of hydrogen-bond donors (Lipinski definition) is 1. The molecule has 1 amide bonds. The van der Waals surface area contributed by atoms with Gasteiger partial charge in [0.1, 0.15) is 12.7 Å². The number of nitrogens with zero attached hydrogens (tertiary/aromatic N) is 4. The van der Waals surface area contributed by atoms with Crippen LogP contribution in [0.15, 0.2) is 30.9 Å². The number of aromatic nitrogens is 3. The molecule has 6 nitrogen and oxygen atoms in total. The van der Waals surface area contributed by atoms with Crippen molar-refractivity contribution in [2.75, 3.05) is 13.1 Å². The number of aliphatic hydroxyl groups is 1. The van der Waals surface area contributed by atoms with Gasteiger partial charge in [0.25, 0.3) is 5.91 Å². The van der Waals surface area contributed by atoms with Crippen molar-refractivity contribution in [3.8, 4) is 5.69 Å². The van der Waals surface area contributed by atoms with Crippen LogP contribution in [0.4, 0.5) is 0 Å². The molecule has 0 unspecified atom stereocenters. The van der Waals surface area contributed by atoms with Gasteiger partial charge in [-0.2, -0.15) is 5.10 Å². The van der Waals surface area contributed by atoms with Crippen LogP contribution in [-0.4, -0.2) is 49.4 Å². The van der Waals surface area contributed by atoms with E-state index in [1.807, 2.05) is 26.0 Å². The maximum atomic E-state index is 12.6. The molecular formula is C16H22N4O2. The average Bonchev–Trinajstić information content (AvgIpc) is 2.96. The Hall–Kier alpha value is -2.21. The summed E-state index contributed by atoms with van der Waals surface area (Å²) in [6.07, 6.45) is 3.09. The smallest absolute Gasteiger partial charge is 0.253 e. The van der Waals surface area contributed by atoms with Gasteiger partial charge < -0.3 is 10.0 Å². The predicted molar refractivity (Wildman–Crippen MR) is 84.0 cm³/mol. The van der Waals surface area contributed by atoms with Crippen molar-refractivity contribution in [3.63, 3.8) is 0 Å². The fourth-order valence-electron chi connectivity index (χ4n) is 2.36. The first-order valence-corrected chi connectivity index (χ1v) is 7.29. The molecule has 118 valence electrons. The third-order valence-corrected chi connectivity index (χ3v) is 3.36. The lowest BCUT2D eigenvalue weighted by Crippen LogP contribution is -2.42. The first-order chi connectivity index (χ1) is 10.3. The van der Waals surface area contributed by atoms with Crippen molar-refractivity contribution < 1.29 is 9.90 Å². The summed E-state index contributed by atoms with van der Waals surface area (Å²) in [7, 11) is 0. The van der Waals surface area contributed by atoms with Crippen molar-refractivity contribution in [2.24, 2.45) is 0 Å². The van der Waals surface area contributed by atoms with E-state index < -0.39 is 5.60 Å². The molecule has 1 aromatic carbocycles. The number of rotatable bonds is 5. The van der Waals surface area contributed by atoms with Crippen LogP contribution in [0, 0.1) is 6.92 Å². The molecule has 0 aliphatic heterocycles. The molecular weight excluding hydrogens is 280 g/mol. The highest BCUT2D eigenvalue weighted by atomic mass is 16.3. The minimum Gasteiger partial charge on any atom is -0.389 e. The van der Waals surface area contributed by atoms with Crippen molar-refractivity contribution in [1.82, 2.24) is 19.7 Å². The predicted octanol–water partition coefficient (Wildman–Crippen LogP) is 1.81. The molecule has 0 saturated heterocycles. The number of likely N-dealkylation sites (N-methyl/N-ethyl adjacent to an activating group) is 1. The van der Waals surface area contributed by atoms with Gasteiger partial charge >= 0.3 is 0 Å². The molecule has 0 atom stereocenters. The zero-order valence-electron chi connectivity index (χ0n) is 13.4. The summed E-state index contributed by atoms with van der Waals surface area (Å²) in [5, 5.41) is 14.0. The van der Waals surface area contributed by atoms with Gasteiger partial charge in [-0.05, 0) is 51.5 Å². The molecule has 6 heteroatoms. The number of aryl methyl sites for hydroxylation is 1. The second kappa shape index (κ2) is 6.27. The molecule has 1 aromatic heterocycles. The summed E-state index contributed by atoms with van der Waals surface area (Å²) >= 11 is 0. The Morgan fingerprint density at radius 1 is 1.41 bits per heavy atom. The maximum absolute atomic E-state index is 12.6. The molecule has 0 bridgehead atoms. The molecule has 0 aliphatic carbocycles. The Morgan fingerprint density at radius 3 is 2.64 bits per heavy atom. The summed E-state index contributed by atoms with van der Waals surface area (Å²) in [5.74, 6) is -0.0853. The monoisotopic (exact) mass is 302 g/mol. The topological polar surface area (TPSA) is 71.2 Å². The molecule has 2 aromatic rings.